The van der Waals surface area contributed by atoms with Gasteiger partial charge in [0.2, 0.25) is 5.91 Å². The maximum Gasteiger partial charge on any atom is 0.335 e. The van der Waals surface area contributed by atoms with Crippen LogP contribution in [0.3, 0.4) is 0 Å². The zero-order valence-corrected chi connectivity index (χ0v) is 10.5. The minimum atomic E-state index is -1.01. The number of aromatic carboxylic acids is 1. The van der Waals surface area contributed by atoms with E-state index < -0.39 is 5.97 Å². The van der Waals surface area contributed by atoms with Crippen LogP contribution in [-0.2, 0) is 17.8 Å². The summed E-state index contributed by atoms with van der Waals surface area (Å²) in [6.45, 7) is 0.246. The summed E-state index contributed by atoms with van der Waals surface area (Å²) in [5, 5.41) is 9.03. The normalized spacial score (nSPS) is 13.4. The van der Waals surface area contributed by atoms with E-state index in [2.05, 4.69) is 9.97 Å². The van der Waals surface area contributed by atoms with Gasteiger partial charge in [0.05, 0.1) is 18.5 Å². The van der Waals surface area contributed by atoms with Crippen LogP contribution in [0.4, 0.5) is 5.69 Å². The highest BCUT2D eigenvalue weighted by Crippen LogP contribution is 2.30. The molecular formula is C14H11N3O3. The third-order valence-corrected chi connectivity index (χ3v) is 3.18. The highest BCUT2D eigenvalue weighted by molar-refractivity contribution is 6.02. The van der Waals surface area contributed by atoms with E-state index in [4.69, 9.17) is 5.11 Å². The molecule has 0 atom stereocenters. The van der Waals surface area contributed by atoms with Gasteiger partial charge >= 0.3 is 5.97 Å². The van der Waals surface area contributed by atoms with E-state index in [1.54, 1.807) is 24.5 Å². The molecule has 1 aromatic carbocycles. The topological polar surface area (TPSA) is 83.4 Å². The third-order valence-electron chi connectivity index (χ3n) is 3.18. The Hall–Kier alpha value is -2.76. The van der Waals surface area contributed by atoms with E-state index in [-0.39, 0.29) is 24.4 Å². The molecule has 2 aromatic rings. The number of carboxylic acids is 1. The Morgan fingerprint density at radius 1 is 1.30 bits per heavy atom. The van der Waals surface area contributed by atoms with Crippen molar-refractivity contribution >= 4 is 17.6 Å². The predicted octanol–water partition coefficient (Wildman–Crippen LogP) is 1.26. The van der Waals surface area contributed by atoms with Crippen molar-refractivity contribution < 1.29 is 14.7 Å². The van der Waals surface area contributed by atoms with Crippen LogP contribution < -0.4 is 4.90 Å². The van der Waals surface area contributed by atoms with Gasteiger partial charge in [0.25, 0.3) is 0 Å². The van der Waals surface area contributed by atoms with E-state index in [0.717, 1.165) is 5.56 Å². The van der Waals surface area contributed by atoms with Gasteiger partial charge < -0.3 is 10.0 Å². The Labute approximate surface area is 114 Å². The Morgan fingerprint density at radius 3 is 2.75 bits per heavy atom. The van der Waals surface area contributed by atoms with Crippen LogP contribution in [0.15, 0.2) is 36.7 Å². The van der Waals surface area contributed by atoms with Crippen molar-refractivity contribution in [2.24, 2.45) is 0 Å². The first-order chi connectivity index (χ1) is 9.65. The Morgan fingerprint density at radius 2 is 2.05 bits per heavy atom. The first-order valence-corrected chi connectivity index (χ1v) is 6.07. The number of aromatic nitrogens is 2. The molecule has 6 nitrogen and oxygen atoms in total. The number of carbonyl (C=O) groups is 2. The van der Waals surface area contributed by atoms with E-state index in [1.165, 1.54) is 17.0 Å². The summed E-state index contributed by atoms with van der Waals surface area (Å²) in [6, 6.07) is 6.41. The first kappa shape index (κ1) is 12.3. The molecule has 0 aliphatic carbocycles. The van der Waals surface area contributed by atoms with Crippen molar-refractivity contribution in [3.8, 4) is 0 Å². The molecule has 0 fully saturated rings. The summed E-state index contributed by atoms with van der Waals surface area (Å²) >= 11 is 0. The molecule has 0 unspecified atom stereocenters. The van der Waals surface area contributed by atoms with Crippen LogP contribution in [0.2, 0.25) is 0 Å². The summed E-state index contributed by atoms with van der Waals surface area (Å²) in [5.74, 6) is -0.563. The number of rotatable bonds is 3. The fourth-order valence-corrected chi connectivity index (χ4v) is 2.22. The number of benzene rings is 1. The van der Waals surface area contributed by atoms with Gasteiger partial charge in [0.1, 0.15) is 5.82 Å². The molecule has 0 saturated heterocycles. The number of carbonyl (C=O) groups excluding carboxylic acids is 1. The average molecular weight is 269 g/mol. The monoisotopic (exact) mass is 269 g/mol. The number of fused-ring (bicyclic) bond motifs is 1. The number of hydrogen-bond donors (Lipinski definition) is 1. The number of hydrogen-bond acceptors (Lipinski definition) is 4. The van der Waals surface area contributed by atoms with E-state index in [0.29, 0.717) is 11.5 Å². The summed E-state index contributed by atoms with van der Waals surface area (Å²) in [4.78, 5) is 32.8. The number of amides is 1. The minimum Gasteiger partial charge on any atom is -0.478 e. The maximum absolute atomic E-state index is 12.0. The van der Waals surface area contributed by atoms with Gasteiger partial charge in [-0.2, -0.15) is 0 Å². The van der Waals surface area contributed by atoms with Crippen LogP contribution in [0, 0.1) is 0 Å². The molecule has 0 spiro atoms. The van der Waals surface area contributed by atoms with Gasteiger partial charge in [-0.25, -0.2) is 14.8 Å². The second-order valence-electron chi connectivity index (χ2n) is 4.47. The Bertz CT molecular complexity index is 685. The standard InChI is InChI=1S/C14H11N3O3/c18-13-7-9-2-3-10(14(19)20)6-11(9)17(13)8-12-15-4-1-5-16-12/h1-6H,7-8H2,(H,19,20). The lowest BCUT2D eigenvalue weighted by Crippen LogP contribution is -2.27. The quantitative estimate of drug-likeness (QED) is 0.907. The third kappa shape index (κ3) is 2.11. The predicted molar refractivity (Wildman–Crippen MR) is 70.3 cm³/mol. The molecule has 1 aliphatic heterocycles. The molecular weight excluding hydrogens is 258 g/mol. The molecule has 20 heavy (non-hydrogen) atoms. The fourth-order valence-electron chi connectivity index (χ4n) is 2.22. The number of anilines is 1. The van der Waals surface area contributed by atoms with Gasteiger partial charge in [-0.15, -0.1) is 0 Å². The average Bonchev–Trinajstić information content (AvgIpc) is 2.75. The highest BCUT2D eigenvalue weighted by atomic mass is 16.4. The van der Waals surface area contributed by atoms with Gasteiger partial charge in [-0.05, 0) is 23.8 Å². The van der Waals surface area contributed by atoms with Crippen LogP contribution in [0.1, 0.15) is 21.7 Å². The summed E-state index contributed by atoms with van der Waals surface area (Å²) in [6.07, 6.45) is 3.50. The molecule has 3 rings (SSSR count). The number of carboxylic acid groups (broad SMARTS) is 1. The van der Waals surface area contributed by atoms with Crippen molar-refractivity contribution in [3.05, 3.63) is 53.6 Å². The van der Waals surface area contributed by atoms with E-state index >= 15 is 0 Å². The minimum absolute atomic E-state index is 0.0741. The molecule has 1 N–H and O–H groups in total. The van der Waals surface area contributed by atoms with Crippen LogP contribution in [0.25, 0.3) is 0 Å². The Balaban J connectivity index is 1.96. The van der Waals surface area contributed by atoms with Crippen LogP contribution in [-0.4, -0.2) is 27.0 Å². The second-order valence-corrected chi connectivity index (χ2v) is 4.47. The smallest absolute Gasteiger partial charge is 0.335 e. The largest absolute Gasteiger partial charge is 0.478 e. The van der Waals surface area contributed by atoms with E-state index in [9.17, 15) is 9.59 Å². The molecule has 0 radical (unpaired) electrons. The van der Waals surface area contributed by atoms with Crippen molar-refractivity contribution in [1.29, 1.82) is 0 Å². The molecule has 0 saturated carbocycles. The lowest BCUT2D eigenvalue weighted by Gasteiger charge is -2.16. The van der Waals surface area contributed by atoms with Gasteiger partial charge in [-0.3, -0.25) is 4.79 Å². The molecule has 2 heterocycles. The van der Waals surface area contributed by atoms with Crippen molar-refractivity contribution in [2.75, 3.05) is 4.90 Å². The van der Waals surface area contributed by atoms with Gasteiger partial charge in [-0.1, -0.05) is 6.07 Å². The van der Waals surface area contributed by atoms with Gasteiger partial charge in [0, 0.05) is 18.1 Å². The molecule has 1 aliphatic rings. The Kier molecular flexibility index (Phi) is 2.90. The SMILES string of the molecule is O=C(O)c1ccc2c(c1)N(Cc1ncccn1)C(=O)C2. The first-order valence-electron chi connectivity index (χ1n) is 6.07. The van der Waals surface area contributed by atoms with Gasteiger partial charge in [0.15, 0.2) is 0 Å². The zero-order valence-electron chi connectivity index (χ0n) is 10.5. The summed E-state index contributed by atoms with van der Waals surface area (Å²) in [7, 11) is 0. The lowest BCUT2D eigenvalue weighted by atomic mass is 10.1. The number of nitrogens with zero attached hydrogens (tertiary/aromatic N) is 3. The molecule has 1 amide bonds. The molecule has 0 bridgehead atoms. The van der Waals surface area contributed by atoms with Crippen LogP contribution >= 0.6 is 0 Å². The van der Waals surface area contributed by atoms with Crippen molar-refractivity contribution in [3.63, 3.8) is 0 Å². The molecule has 6 heteroatoms. The highest BCUT2D eigenvalue weighted by Gasteiger charge is 2.28. The van der Waals surface area contributed by atoms with Crippen molar-refractivity contribution in [2.45, 2.75) is 13.0 Å². The summed E-state index contributed by atoms with van der Waals surface area (Å²) in [5.41, 5.74) is 1.62. The van der Waals surface area contributed by atoms with Crippen molar-refractivity contribution in [1.82, 2.24) is 9.97 Å². The zero-order chi connectivity index (χ0) is 14.1. The lowest BCUT2D eigenvalue weighted by molar-refractivity contribution is -0.117. The maximum atomic E-state index is 12.0. The fraction of sp³-hybridized carbons (Fsp3) is 0.143. The molecule has 100 valence electrons. The van der Waals surface area contributed by atoms with E-state index in [1.807, 2.05) is 0 Å². The molecule has 1 aromatic heterocycles. The van der Waals surface area contributed by atoms with Crippen LogP contribution in [0.5, 0.6) is 0 Å². The second kappa shape index (κ2) is 4.73. The summed E-state index contributed by atoms with van der Waals surface area (Å²) < 4.78 is 0.